The first kappa shape index (κ1) is 20.9. The molecule has 3 rings (SSSR count). The van der Waals surface area contributed by atoms with Gasteiger partial charge in [0.25, 0.3) is 0 Å². The zero-order valence-electron chi connectivity index (χ0n) is 16.5. The summed E-state index contributed by atoms with van der Waals surface area (Å²) in [5.41, 5.74) is 2.84. The number of nitrogens with zero attached hydrogens (tertiary/aromatic N) is 3. The second-order valence-corrected chi connectivity index (χ2v) is 6.69. The molecule has 0 aliphatic carbocycles. The molecule has 0 aromatic heterocycles. The third-order valence-electron chi connectivity index (χ3n) is 4.40. The first-order valence-corrected chi connectivity index (χ1v) is 9.61. The van der Waals surface area contributed by atoms with Crippen molar-refractivity contribution in [3.63, 3.8) is 0 Å². The van der Waals surface area contributed by atoms with Crippen molar-refractivity contribution in [3.05, 3.63) is 94.6 Å². The summed E-state index contributed by atoms with van der Waals surface area (Å²) in [4.78, 5) is 0. The van der Waals surface area contributed by atoms with Gasteiger partial charge in [0.05, 0.1) is 28.6 Å². The first-order chi connectivity index (χ1) is 14.6. The minimum atomic E-state index is -0.638. The molecule has 0 unspecified atom stereocenters. The smallest absolute Gasteiger partial charge is 0.142 e. The van der Waals surface area contributed by atoms with Gasteiger partial charge in [0.15, 0.2) is 0 Å². The van der Waals surface area contributed by atoms with Crippen LogP contribution in [-0.2, 0) is 6.42 Å². The summed E-state index contributed by atoms with van der Waals surface area (Å²) in [5.74, 6) is 4.10. The molecule has 3 nitrogen and oxygen atoms in total. The fourth-order valence-electron chi connectivity index (χ4n) is 2.73. The normalized spacial score (nSPS) is 10.5. The Balaban J connectivity index is 1.71. The van der Waals surface area contributed by atoms with Gasteiger partial charge < -0.3 is 0 Å². The maximum Gasteiger partial charge on any atom is 0.142 e. The average molecular weight is 399 g/mol. The fourth-order valence-corrected chi connectivity index (χ4v) is 2.73. The van der Waals surface area contributed by atoms with Crippen molar-refractivity contribution in [2.75, 3.05) is 0 Å². The Bertz CT molecular complexity index is 1120. The summed E-state index contributed by atoms with van der Waals surface area (Å²) in [7, 11) is 0. The number of azo groups is 1. The molecule has 5 heteroatoms. The van der Waals surface area contributed by atoms with Gasteiger partial charge in [0, 0.05) is 5.56 Å². The second-order valence-electron chi connectivity index (χ2n) is 6.69. The molecule has 3 aromatic rings. The van der Waals surface area contributed by atoms with E-state index in [0.29, 0.717) is 34.5 Å². The third-order valence-corrected chi connectivity index (χ3v) is 4.40. The fraction of sp³-hybridized carbons (Fsp3) is 0.160. The van der Waals surface area contributed by atoms with E-state index >= 15 is 0 Å². The number of rotatable bonds is 5. The van der Waals surface area contributed by atoms with Gasteiger partial charge in [-0.25, -0.2) is 8.78 Å². The molecule has 0 saturated carbocycles. The highest BCUT2D eigenvalue weighted by Crippen LogP contribution is 2.20. The highest BCUT2D eigenvalue weighted by Gasteiger charge is 2.09. The zero-order chi connectivity index (χ0) is 21.3. The van der Waals surface area contributed by atoms with E-state index in [1.165, 1.54) is 12.1 Å². The minimum absolute atomic E-state index is 0.222. The molecule has 148 valence electrons. The Morgan fingerprint density at radius 1 is 0.800 bits per heavy atom. The van der Waals surface area contributed by atoms with Crippen LogP contribution in [-0.4, -0.2) is 0 Å². The Hall–Kier alpha value is -3.83. The average Bonchev–Trinajstić information content (AvgIpc) is 2.77. The molecular weight excluding hydrogens is 380 g/mol. The Labute approximate surface area is 174 Å². The number of hydrogen-bond donors (Lipinski definition) is 0. The standard InChI is InChI=1S/C25H19F2N3/c1-2-3-4-20-15-24(26)23(25(27)16-20)14-9-18-5-10-21(11-6-18)29-30-22-12-7-19(17-28)8-13-22/h5-8,10-13,15-16H,2-4H2,1H3. The SMILES string of the molecule is CCCCc1cc(F)c(C#Cc2ccc(N=Nc3ccc(C#N)cc3)cc2)c(F)c1. The van der Waals surface area contributed by atoms with Gasteiger partial charge in [0.1, 0.15) is 11.6 Å². The second kappa shape index (κ2) is 10.1. The summed E-state index contributed by atoms with van der Waals surface area (Å²) in [6, 6.07) is 18.4. The van der Waals surface area contributed by atoms with E-state index in [9.17, 15) is 8.78 Å². The van der Waals surface area contributed by atoms with Gasteiger partial charge in [-0.15, -0.1) is 0 Å². The number of unbranched alkanes of at least 4 members (excludes halogenated alkanes) is 1. The summed E-state index contributed by atoms with van der Waals surface area (Å²) in [6.07, 6.45) is 2.50. The molecule has 0 fully saturated rings. The number of hydrogen-bond acceptors (Lipinski definition) is 3. The quantitative estimate of drug-likeness (QED) is 0.337. The first-order valence-electron chi connectivity index (χ1n) is 9.61. The molecule has 0 spiro atoms. The maximum absolute atomic E-state index is 14.2. The molecule has 30 heavy (non-hydrogen) atoms. The molecule has 0 N–H and O–H groups in total. The molecule has 0 bridgehead atoms. The van der Waals surface area contributed by atoms with Crippen LogP contribution in [0.4, 0.5) is 20.2 Å². The number of aryl methyl sites for hydroxylation is 1. The van der Waals surface area contributed by atoms with Crippen molar-refractivity contribution in [2.24, 2.45) is 10.2 Å². The van der Waals surface area contributed by atoms with E-state index in [4.69, 9.17) is 5.26 Å². The molecule has 0 saturated heterocycles. The molecule has 0 aliphatic rings. The number of halogens is 2. The topological polar surface area (TPSA) is 48.5 Å². The van der Waals surface area contributed by atoms with Gasteiger partial charge in [-0.05, 0) is 79.1 Å². The number of benzene rings is 3. The van der Waals surface area contributed by atoms with Gasteiger partial charge in [-0.2, -0.15) is 15.5 Å². The van der Waals surface area contributed by atoms with Crippen LogP contribution in [0.15, 0.2) is 70.9 Å². The zero-order valence-corrected chi connectivity index (χ0v) is 16.5. The predicted molar refractivity (Wildman–Crippen MR) is 113 cm³/mol. The van der Waals surface area contributed by atoms with Crippen LogP contribution in [0.1, 0.15) is 42.0 Å². The van der Waals surface area contributed by atoms with Crippen LogP contribution in [0.25, 0.3) is 0 Å². The van der Waals surface area contributed by atoms with Crippen LogP contribution < -0.4 is 0 Å². The van der Waals surface area contributed by atoms with Crippen LogP contribution in [0, 0.1) is 34.8 Å². The van der Waals surface area contributed by atoms with Gasteiger partial charge in [-0.3, -0.25) is 0 Å². The predicted octanol–water partition coefficient (Wildman–Crippen LogP) is 6.99. The number of nitriles is 1. The third kappa shape index (κ3) is 5.59. The largest absolute Gasteiger partial charge is 0.206 e. The van der Waals surface area contributed by atoms with Crippen molar-refractivity contribution >= 4 is 11.4 Å². The molecule has 0 heterocycles. The maximum atomic E-state index is 14.2. The Morgan fingerprint density at radius 2 is 1.33 bits per heavy atom. The minimum Gasteiger partial charge on any atom is -0.206 e. The van der Waals surface area contributed by atoms with E-state index in [2.05, 4.69) is 22.1 Å². The molecule has 0 radical (unpaired) electrons. The highest BCUT2D eigenvalue weighted by atomic mass is 19.1. The summed E-state index contributed by atoms with van der Waals surface area (Å²) in [5, 5.41) is 17.0. The van der Waals surface area contributed by atoms with Crippen LogP contribution in [0.5, 0.6) is 0 Å². The van der Waals surface area contributed by atoms with Crippen molar-refractivity contribution in [3.8, 4) is 17.9 Å². The van der Waals surface area contributed by atoms with Crippen LogP contribution in [0.2, 0.25) is 0 Å². The molecule has 0 amide bonds. The van der Waals surface area contributed by atoms with E-state index < -0.39 is 11.6 Å². The van der Waals surface area contributed by atoms with Crippen molar-refractivity contribution in [1.29, 1.82) is 5.26 Å². The summed E-state index contributed by atoms with van der Waals surface area (Å²) in [6.45, 7) is 2.03. The molecule has 3 aromatic carbocycles. The Kier molecular flexibility index (Phi) is 7.03. The lowest BCUT2D eigenvalue weighted by atomic mass is 10.0. The van der Waals surface area contributed by atoms with E-state index in [1.807, 2.05) is 13.0 Å². The lowest BCUT2D eigenvalue weighted by Crippen LogP contribution is -1.95. The van der Waals surface area contributed by atoms with Crippen LogP contribution in [0.3, 0.4) is 0 Å². The van der Waals surface area contributed by atoms with Crippen molar-refractivity contribution < 1.29 is 8.78 Å². The van der Waals surface area contributed by atoms with Gasteiger partial charge in [-0.1, -0.05) is 25.2 Å². The van der Waals surface area contributed by atoms with Gasteiger partial charge >= 0.3 is 0 Å². The Morgan fingerprint density at radius 3 is 1.83 bits per heavy atom. The van der Waals surface area contributed by atoms with E-state index in [0.717, 1.165) is 12.8 Å². The monoisotopic (exact) mass is 399 g/mol. The van der Waals surface area contributed by atoms with Crippen LogP contribution >= 0.6 is 0 Å². The summed E-state index contributed by atoms with van der Waals surface area (Å²) < 4.78 is 28.5. The van der Waals surface area contributed by atoms with Crippen molar-refractivity contribution in [1.82, 2.24) is 0 Å². The van der Waals surface area contributed by atoms with E-state index in [1.54, 1.807) is 48.5 Å². The molecule has 0 aliphatic heterocycles. The lowest BCUT2D eigenvalue weighted by molar-refractivity contribution is 0.572. The lowest BCUT2D eigenvalue weighted by Gasteiger charge is -2.03. The van der Waals surface area contributed by atoms with Crippen molar-refractivity contribution in [2.45, 2.75) is 26.2 Å². The molecular formula is C25H19F2N3. The summed E-state index contributed by atoms with van der Waals surface area (Å²) >= 11 is 0. The molecule has 0 atom stereocenters. The highest BCUT2D eigenvalue weighted by molar-refractivity contribution is 5.49. The van der Waals surface area contributed by atoms with Gasteiger partial charge in [0.2, 0.25) is 0 Å². The van der Waals surface area contributed by atoms with E-state index in [-0.39, 0.29) is 5.56 Å².